The second-order valence-electron chi connectivity index (χ2n) is 6.73. The van der Waals surface area contributed by atoms with Gasteiger partial charge in [-0.1, -0.05) is 0 Å². The van der Waals surface area contributed by atoms with Gasteiger partial charge in [-0.05, 0) is 47.8 Å². The lowest BCUT2D eigenvalue weighted by atomic mass is 9.89. The molecule has 0 aromatic carbocycles. The number of rotatable bonds is 4. The number of anilines is 3. The molecule has 2 aromatic heterocycles. The first-order chi connectivity index (χ1) is 13.3. The van der Waals surface area contributed by atoms with Crippen molar-refractivity contribution < 1.29 is 14.7 Å². The first-order valence-electron chi connectivity index (χ1n) is 8.58. The Morgan fingerprint density at radius 2 is 2.04 bits per heavy atom. The van der Waals surface area contributed by atoms with Gasteiger partial charge in [0.2, 0.25) is 0 Å². The van der Waals surface area contributed by atoms with Crippen molar-refractivity contribution in [2.75, 3.05) is 29.0 Å². The highest BCUT2D eigenvalue weighted by Crippen LogP contribution is 2.30. The van der Waals surface area contributed by atoms with E-state index >= 15 is 0 Å². The van der Waals surface area contributed by atoms with Gasteiger partial charge < -0.3 is 26.4 Å². The molecule has 0 radical (unpaired) electrons. The average Bonchev–Trinajstić information content (AvgIpc) is 2.64. The van der Waals surface area contributed by atoms with Crippen LogP contribution >= 0.6 is 15.9 Å². The minimum Gasteiger partial charge on any atom is -0.465 e. The van der Waals surface area contributed by atoms with Crippen molar-refractivity contribution in [1.82, 2.24) is 20.3 Å². The van der Waals surface area contributed by atoms with Gasteiger partial charge in [0.15, 0.2) is 17.3 Å². The number of hydrogen-bond donors (Lipinski definition) is 4. The number of aromatic nitrogens is 3. The summed E-state index contributed by atoms with van der Waals surface area (Å²) >= 11 is 3.17. The third kappa shape index (κ3) is 4.47. The molecule has 3 heterocycles. The second-order valence-corrected chi connectivity index (χ2v) is 7.54. The van der Waals surface area contributed by atoms with Crippen LogP contribution in [0.2, 0.25) is 0 Å². The van der Waals surface area contributed by atoms with Crippen molar-refractivity contribution in [2.24, 2.45) is 0 Å². The Bertz CT molecular complexity index is 900. The van der Waals surface area contributed by atoms with Crippen LogP contribution in [0.3, 0.4) is 0 Å². The van der Waals surface area contributed by atoms with Crippen molar-refractivity contribution >= 4 is 45.3 Å². The molecule has 0 bridgehead atoms. The summed E-state index contributed by atoms with van der Waals surface area (Å²) in [6, 6.07) is 3.63. The number of carbonyl (C=O) groups excluding carboxylic acids is 1. The minimum atomic E-state index is -1.03. The molecule has 0 saturated carbocycles. The molecule has 1 aliphatic heterocycles. The van der Waals surface area contributed by atoms with Gasteiger partial charge in [0.1, 0.15) is 4.60 Å². The zero-order valence-corrected chi connectivity index (χ0v) is 16.7. The average molecular weight is 450 g/mol. The van der Waals surface area contributed by atoms with Crippen molar-refractivity contribution in [2.45, 2.75) is 25.3 Å². The summed E-state index contributed by atoms with van der Waals surface area (Å²) in [5.74, 6) is -0.115. The Kier molecular flexibility index (Phi) is 5.63. The fraction of sp³-hybridized carbons (Fsp3) is 0.353. The number of carboxylic acid groups (broad SMARTS) is 1. The monoisotopic (exact) mass is 449 g/mol. The number of hydrogen-bond acceptors (Lipinski definition) is 7. The number of nitrogens with one attached hydrogen (secondary N) is 2. The van der Waals surface area contributed by atoms with E-state index in [2.05, 4.69) is 46.4 Å². The second kappa shape index (κ2) is 7.97. The fourth-order valence-corrected chi connectivity index (χ4v) is 3.36. The molecule has 0 spiro atoms. The van der Waals surface area contributed by atoms with Crippen molar-refractivity contribution in [3.05, 3.63) is 34.8 Å². The van der Waals surface area contributed by atoms with Crippen LogP contribution < -0.4 is 21.3 Å². The Balaban J connectivity index is 1.76. The van der Waals surface area contributed by atoms with Crippen LogP contribution in [0.1, 0.15) is 30.3 Å². The number of nitrogen functional groups attached to an aromatic ring is 1. The number of nitrogens with two attached hydrogens (primary N) is 1. The van der Waals surface area contributed by atoms with Gasteiger partial charge in [-0.2, -0.15) is 0 Å². The van der Waals surface area contributed by atoms with E-state index < -0.39 is 17.5 Å². The van der Waals surface area contributed by atoms with Crippen LogP contribution in [0.4, 0.5) is 22.1 Å². The topological polar surface area (TPSA) is 146 Å². The highest BCUT2D eigenvalue weighted by Gasteiger charge is 2.32. The fourth-order valence-electron chi connectivity index (χ4n) is 3.08. The molecule has 2 amide bonds. The Labute approximate surface area is 169 Å². The van der Waals surface area contributed by atoms with Crippen LogP contribution in [0.25, 0.3) is 0 Å². The van der Waals surface area contributed by atoms with Crippen LogP contribution in [-0.4, -0.2) is 50.7 Å². The standard InChI is InChI=1S/C17H20BrN7O3/c1-17(24-16(27)28)4-7-25(8-5-17)10-3-2-6-20-14(10)23-15(26)12-13(19)21-9-11(18)22-12/h2-3,6,9,24H,4-5,7-8H2,1H3,(H2,19,21)(H,27,28)(H,20,23,26). The van der Waals surface area contributed by atoms with Crippen molar-refractivity contribution in [1.29, 1.82) is 0 Å². The van der Waals surface area contributed by atoms with Gasteiger partial charge in [0, 0.05) is 24.8 Å². The maximum Gasteiger partial charge on any atom is 0.405 e. The molecule has 11 heteroatoms. The number of halogens is 1. The molecule has 1 aliphatic rings. The quantitative estimate of drug-likeness (QED) is 0.554. The summed E-state index contributed by atoms with van der Waals surface area (Å²) in [5.41, 5.74) is 6.02. The normalized spacial score (nSPS) is 15.7. The Morgan fingerprint density at radius 1 is 1.32 bits per heavy atom. The molecule has 28 heavy (non-hydrogen) atoms. The first kappa shape index (κ1) is 19.8. The minimum absolute atomic E-state index is 0.00264. The van der Waals surface area contributed by atoms with Crippen LogP contribution in [-0.2, 0) is 0 Å². The summed E-state index contributed by atoms with van der Waals surface area (Å²) < 4.78 is 0.398. The predicted molar refractivity (Wildman–Crippen MR) is 107 cm³/mol. The van der Waals surface area contributed by atoms with Crippen molar-refractivity contribution in [3.8, 4) is 0 Å². The van der Waals surface area contributed by atoms with Gasteiger partial charge in [0.05, 0.1) is 11.9 Å². The van der Waals surface area contributed by atoms with Crippen LogP contribution in [0, 0.1) is 0 Å². The molecular weight excluding hydrogens is 430 g/mol. The van der Waals surface area contributed by atoms with E-state index in [4.69, 9.17) is 10.8 Å². The number of carbonyl (C=O) groups is 2. The smallest absolute Gasteiger partial charge is 0.405 e. The molecule has 0 unspecified atom stereocenters. The van der Waals surface area contributed by atoms with Crippen LogP contribution in [0.15, 0.2) is 29.1 Å². The van der Waals surface area contributed by atoms with E-state index in [0.29, 0.717) is 36.4 Å². The largest absolute Gasteiger partial charge is 0.465 e. The maximum atomic E-state index is 12.6. The Hall–Kier alpha value is -2.95. The molecule has 0 atom stereocenters. The lowest BCUT2D eigenvalue weighted by molar-refractivity contribution is 0.102. The lowest BCUT2D eigenvalue weighted by Crippen LogP contribution is -2.53. The molecule has 148 valence electrons. The summed E-state index contributed by atoms with van der Waals surface area (Å²) in [6.07, 6.45) is 3.22. The van der Waals surface area contributed by atoms with E-state index in [0.717, 1.165) is 5.69 Å². The molecular formula is C17H20BrN7O3. The lowest BCUT2D eigenvalue weighted by Gasteiger charge is -2.40. The molecule has 5 N–H and O–H groups in total. The van der Waals surface area contributed by atoms with E-state index in [-0.39, 0.29) is 11.5 Å². The molecule has 1 fully saturated rings. The number of amides is 2. The highest BCUT2D eigenvalue weighted by molar-refractivity contribution is 9.10. The summed E-state index contributed by atoms with van der Waals surface area (Å²) in [5, 5.41) is 14.3. The van der Waals surface area contributed by atoms with E-state index in [9.17, 15) is 9.59 Å². The number of nitrogens with zero attached hydrogens (tertiary/aromatic N) is 4. The molecule has 1 saturated heterocycles. The molecule has 3 rings (SSSR count). The molecule has 2 aromatic rings. The zero-order chi connectivity index (χ0) is 20.3. The summed E-state index contributed by atoms with van der Waals surface area (Å²) in [6.45, 7) is 3.12. The summed E-state index contributed by atoms with van der Waals surface area (Å²) in [7, 11) is 0. The van der Waals surface area contributed by atoms with Gasteiger partial charge in [-0.15, -0.1) is 0 Å². The molecule has 0 aliphatic carbocycles. The third-order valence-corrected chi connectivity index (χ3v) is 5.00. The van der Waals surface area contributed by atoms with Gasteiger partial charge >= 0.3 is 6.09 Å². The SMILES string of the molecule is CC1(NC(=O)O)CCN(c2cccnc2NC(=O)c2nc(Br)cnc2N)CC1. The predicted octanol–water partition coefficient (Wildman–Crippen LogP) is 2.10. The van der Waals surface area contributed by atoms with Crippen LogP contribution in [0.5, 0.6) is 0 Å². The van der Waals surface area contributed by atoms with Gasteiger partial charge in [-0.25, -0.2) is 19.7 Å². The highest BCUT2D eigenvalue weighted by atomic mass is 79.9. The summed E-state index contributed by atoms with van der Waals surface area (Å²) in [4.78, 5) is 37.9. The maximum absolute atomic E-state index is 12.6. The zero-order valence-electron chi connectivity index (χ0n) is 15.1. The first-order valence-corrected chi connectivity index (χ1v) is 9.37. The Morgan fingerprint density at radius 3 is 2.71 bits per heavy atom. The van der Waals surface area contributed by atoms with Gasteiger partial charge in [-0.3, -0.25) is 4.79 Å². The van der Waals surface area contributed by atoms with E-state index in [1.165, 1.54) is 6.20 Å². The number of piperidine rings is 1. The third-order valence-electron chi connectivity index (χ3n) is 4.62. The molecule has 10 nitrogen and oxygen atoms in total. The van der Waals surface area contributed by atoms with Gasteiger partial charge in [0.25, 0.3) is 5.91 Å². The van der Waals surface area contributed by atoms with E-state index in [1.807, 2.05) is 13.0 Å². The van der Waals surface area contributed by atoms with E-state index in [1.54, 1.807) is 12.3 Å². The number of pyridine rings is 1. The van der Waals surface area contributed by atoms with Crippen molar-refractivity contribution in [3.63, 3.8) is 0 Å².